The van der Waals surface area contributed by atoms with Crippen LogP contribution in [0.1, 0.15) is 16.2 Å². The third-order valence-corrected chi connectivity index (χ3v) is 2.77. The van der Waals surface area contributed by atoms with E-state index >= 15 is 0 Å². The molecule has 17 heavy (non-hydrogen) atoms. The van der Waals surface area contributed by atoms with Gasteiger partial charge in [-0.25, -0.2) is 14.2 Å². The minimum atomic E-state index is -1.15. The van der Waals surface area contributed by atoms with Gasteiger partial charge in [0.15, 0.2) is 5.69 Å². The normalized spacial score (nSPS) is 10.5. The summed E-state index contributed by atoms with van der Waals surface area (Å²) in [6.45, 7) is 1.51. The van der Waals surface area contributed by atoms with Crippen LogP contribution in [-0.2, 0) is 0 Å². The van der Waals surface area contributed by atoms with Crippen LogP contribution in [0.2, 0.25) is 0 Å². The van der Waals surface area contributed by atoms with Crippen LogP contribution in [0.5, 0.6) is 0 Å². The molecule has 6 heteroatoms. The fourth-order valence-corrected chi connectivity index (χ4v) is 1.73. The van der Waals surface area contributed by atoms with Crippen molar-refractivity contribution in [1.29, 1.82) is 0 Å². The molecule has 88 valence electrons. The fourth-order valence-electron chi connectivity index (χ4n) is 1.35. The maximum atomic E-state index is 13.0. The molecular formula is C11H7BrFNO3. The summed E-state index contributed by atoms with van der Waals surface area (Å²) in [6.07, 6.45) is 0. The molecule has 0 unspecified atom stereocenters. The Hall–Kier alpha value is -1.69. The quantitative estimate of drug-likeness (QED) is 0.924. The second-order valence-corrected chi connectivity index (χ2v) is 4.21. The molecule has 4 nitrogen and oxygen atoms in total. The van der Waals surface area contributed by atoms with Crippen molar-refractivity contribution in [2.24, 2.45) is 0 Å². The van der Waals surface area contributed by atoms with Crippen molar-refractivity contribution in [2.45, 2.75) is 6.92 Å². The van der Waals surface area contributed by atoms with Gasteiger partial charge in [0.05, 0.1) is 4.47 Å². The molecule has 0 aliphatic heterocycles. The summed E-state index contributed by atoms with van der Waals surface area (Å²) < 4.78 is 18.5. The van der Waals surface area contributed by atoms with E-state index in [1.807, 2.05) is 0 Å². The van der Waals surface area contributed by atoms with Crippen LogP contribution in [0.15, 0.2) is 27.1 Å². The average Bonchev–Trinajstić information content (AvgIpc) is 2.64. The molecule has 0 radical (unpaired) electrons. The highest BCUT2D eigenvalue weighted by molar-refractivity contribution is 9.10. The van der Waals surface area contributed by atoms with Crippen LogP contribution >= 0.6 is 15.9 Å². The molecular weight excluding hydrogens is 293 g/mol. The lowest BCUT2D eigenvalue weighted by Gasteiger charge is -1.97. The first-order chi connectivity index (χ1) is 7.99. The van der Waals surface area contributed by atoms with Gasteiger partial charge in [0, 0.05) is 5.56 Å². The van der Waals surface area contributed by atoms with Crippen LogP contribution in [0.3, 0.4) is 0 Å². The molecule has 1 aromatic carbocycles. The van der Waals surface area contributed by atoms with E-state index in [1.54, 1.807) is 0 Å². The van der Waals surface area contributed by atoms with Crippen LogP contribution in [0.25, 0.3) is 11.5 Å². The first kappa shape index (κ1) is 11.8. The van der Waals surface area contributed by atoms with E-state index in [-0.39, 0.29) is 21.8 Å². The van der Waals surface area contributed by atoms with Gasteiger partial charge in [0.25, 0.3) is 0 Å². The molecule has 0 spiro atoms. The molecule has 0 saturated heterocycles. The Morgan fingerprint density at radius 3 is 2.76 bits per heavy atom. The Kier molecular flexibility index (Phi) is 2.97. The van der Waals surface area contributed by atoms with E-state index in [1.165, 1.54) is 25.1 Å². The lowest BCUT2D eigenvalue weighted by Crippen LogP contribution is -1.98. The summed E-state index contributed by atoms with van der Waals surface area (Å²) in [5, 5.41) is 8.83. The monoisotopic (exact) mass is 299 g/mol. The van der Waals surface area contributed by atoms with Gasteiger partial charge in [-0.2, -0.15) is 0 Å². The largest absolute Gasteiger partial charge is 0.476 e. The summed E-state index contributed by atoms with van der Waals surface area (Å²) >= 11 is 3.04. The number of halogens is 2. The molecule has 2 aromatic rings. The molecule has 0 fully saturated rings. The molecule has 1 aromatic heterocycles. The smallest absolute Gasteiger partial charge is 0.358 e. The molecule has 0 amide bonds. The minimum Gasteiger partial charge on any atom is -0.476 e. The topological polar surface area (TPSA) is 63.3 Å². The average molecular weight is 300 g/mol. The van der Waals surface area contributed by atoms with E-state index in [2.05, 4.69) is 20.9 Å². The van der Waals surface area contributed by atoms with Gasteiger partial charge in [0.2, 0.25) is 5.89 Å². The Morgan fingerprint density at radius 2 is 2.24 bits per heavy atom. The number of nitrogens with zero attached hydrogens (tertiary/aromatic N) is 1. The number of carbonyl (C=O) groups is 1. The van der Waals surface area contributed by atoms with E-state index < -0.39 is 11.8 Å². The molecule has 1 heterocycles. The minimum absolute atomic E-state index is 0.138. The Balaban J connectivity index is 2.50. The number of aromatic carboxylic acids is 1. The van der Waals surface area contributed by atoms with Crippen molar-refractivity contribution >= 4 is 21.9 Å². The number of hydrogen-bond donors (Lipinski definition) is 1. The summed E-state index contributed by atoms with van der Waals surface area (Å²) in [7, 11) is 0. The van der Waals surface area contributed by atoms with Gasteiger partial charge < -0.3 is 9.52 Å². The fraction of sp³-hybridized carbons (Fsp3) is 0.0909. The second-order valence-electron chi connectivity index (χ2n) is 3.36. The third-order valence-electron chi connectivity index (χ3n) is 2.17. The third kappa shape index (κ3) is 2.21. The predicted molar refractivity (Wildman–Crippen MR) is 61.3 cm³/mol. The van der Waals surface area contributed by atoms with Crippen molar-refractivity contribution in [3.63, 3.8) is 0 Å². The van der Waals surface area contributed by atoms with Gasteiger partial charge in [-0.15, -0.1) is 0 Å². The highest BCUT2D eigenvalue weighted by atomic mass is 79.9. The first-order valence-corrected chi connectivity index (χ1v) is 5.44. The zero-order valence-corrected chi connectivity index (χ0v) is 10.3. The Bertz CT molecular complexity index is 594. The second kappa shape index (κ2) is 4.29. The molecule has 2 rings (SSSR count). The standard InChI is InChI=1S/C11H7BrFNO3/c1-5-9(11(15)16)14-10(17-5)6-2-3-8(13)7(12)4-6/h2-4H,1H3,(H,15,16). The zero-order chi connectivity index (χ0) is 12.6. The maximum Gasteiger partial charge on any atom is 0.358 e. The van der Waals surface area contributed by atoms with E-state index in [0.717, 1.165) is 0 Å². The van der Waals surface area contributed by atoms with Gasteiger partial charge in [-0.1, -0.05) is 0 Å². The van der Waals surface area contributed by atoms with Gasteiger partial charge >= 0.3 is 5.97 Å². The zero-order valence-electron chi connectivity index (χ0n) is 8.70. The molecule has 0 atom stereocenters. The van der Waals surface area contributed by atoms with Gasteiger partial charge in [-0.05, 0) is 41.1 Å². The lowest BCUT2D eigenvalue weighted by molar-refractivity contribution is 0.0689. The molecule has 0 bridgehead atoms. The van der Waals surface area contributed by atoms with Crippen LogP contribution < -0.4 is 0 Å². The number of aromatic nitrogens is 1. The van der Waals surface area contributed by atoms with Crippen LogP contribution in [0.4, 0.5) is 4.39 Å². The van der Waals surface area contributed by atoms with Gasteiger partial charge in [0.1, 0.15) is 11.6 Å². The number of carboxylic acid groups (broad SMARTS) is 1. The van der Waals surface area contributed by atoms with E-state index in [0.29, 0.717) is 5.56 Å². The highest BCUT2D eigenvalue weighted by Gasteiger charge is 2.17. The SMILES string of the molecule is Cc1oc(-c2ccc(F)c(Br)c2)nc1C(=O)O. The summed E-state index contributed by atoms with van der Waals surface area (Å²) in [6, 6.07) is 4.20. The number of aryl methyl sites for hydroxylation is 1. The molecule has 0 saturated carbocycles. The number of hydrogen-bond acceptors (Lipinski definition) is 3. The van der Waals surface area contributed by atoms with Crippen molar-refractivity contribution in [3.8, 4) is 11.5 Å². The number of oxazole rings is 1. The Labute approximate surface area is 104 Å². The van der Waals surface area contributed by atoms with E-state index in [4.69, 9.17) is 9.52 Å². The maximum absolute atomic E-state index is 13.0. The molecule has 0 aliphatic carbocycles. The van der Waals surface area contributed by atoms with Crippen molar-refractivity contribution in [2.75, 3.05) is 0 Å². The molecule has 1 N–H and O–H groups in total. The van der Waals surface area contributed by atoms with Crippen LogP contribution in [0, 0.1) is 12.7 Å². The van der Waals surface area contributed by atoms with Crippen molar-refractivity contribution in [3.05, 3.63) is 39.9 Å². The summed E-state index contributed by atoms with van der Waals surface area (Å²) in [5.41, 5.74) is 0.370. The van der Waals surface area contributed by atoms with Crippen LogP contribution in [-0.4, -0.2) is 16.1 Å². The number of rotatable bonds is 2. The lowest BCUT2D eigenvalue weighted by atomic mass is 10.2. The highest BCUT2D eigenvalue weighted by Crippen LogP contribution is 2.26. The first-order valence-electron chi connectivity index (χ1n) is 4.65. The predicted octanol–water partition coefficient (Wildman–Crippen LogP) is 3.25. The van der Waals surface area contributed by atoms with E-state index in [9.17, 15) is 9.18 Å². The van der Waals surface area contributed by atoms with Crippen molar-refractivity contribution in [1.82, 2.24) is 4.98 Å². The molecule has 0 aliphatic rings. The Morgan fingerprint density at radius 1 is 1.53 bits per heavy atom. The van der Waals surface area contributed by atoms with Crippen molar-refractivity contribution < 1.29 is 18.7 Å². The number of carboxylic acids is 1. The number of benzene rings is 1. The summed E-state index contributed by atoms with van der Waals surface area (Å²) in [5.74, 6) is -1.19. The van der Waals surface area contributed by atoms with Gasteiger partial charge in [-0.3, -0.25) is 0 Å². The summed E-state index contributed by atoms with van der Waals surface area (Å²) in [4.78, 5) is 14.6.